The number of likely N-dealkylation sites (tertiary alicyclic amines) is 1. The molecule has 1 aliphatic rings. The van der Waals surface area contributed by atoms with Gasteiger partial charge < -0.3 is 5.32 Å². The minimum absolute atomic E-state index is 0.0703. The molecule has 154 valence electrons. The largest absolute Gasteiger partial charge is 0.325 e. The lowest BCUT2D eigenvalue weighted by molar-refractivity contribution is -0.121. The molecule has 1 amide bonds. The molecule has 0 aromatic heterocycles. The number of nitrogens with zero attached hydrogens (tertiary/aromatic N) is 1. The zero-order valence-electron chi connectivity index (χ0n) is 16.8. The van der Waals surface area contributed by atoms with Crippen molar-refractivity contribution in [3.05, 3.63) is 88.9 Å². The summed E-state index contributed by atoms with van der Waals surface area (Å²) in [5, 5.41) is 3.19. The van der Waals surface area contributed by atoms with E-state index < -0.39 is 0 Å². The number of hydrogen-bond acceptors (Lipinski definition) is 3. The van der Waals surface area contributed by atoms with Crippen molar-refractivity contribution in [2.24, 2.45) is 5.92 Å². The van der Waals surface area contributed by atoms with Gasteiger partial charge in [0.25, 0.3) is 0 Å². The maximum Gasteiger partial charge on any atom is 0.227 e. The van der Waals surface area contributed by atoms with Crippen LogP contribution in [0, 0.1) is 5.92 Å². The number of para-hydroxylation sites is 1. The van der Waals surface area contributed by atoms with Gasteiger partial charge in [0, 0.05) is 26.7 Å². The second-order valence-corrected chi connectivity index (χ2v) is 9.61. The van der Waals surface area contributed by atoms with E-state index in [9.17, 15) is 4.79 Å². The predicted octanol–water partition coefficient (Wildman–Crippen LogP) is 6.45. The van der Waals surface area contributed by atoms with Crippen molar-refractivity contribution in [2.75, 3.05) is 18.4 Å². The molecular weight excluding hydrogens is 456 g/mol. The van der Waals surface area contributed by atoms with Crippen LogP contribution in [-0.2, 0) is 11.3 Å². The summed E-state index contributed by atoms with van der Waals surface area (Å²) in [6.07, 6.45) is 1.80. The van der Waals surface area contributed by atoms with Crippen molar-refractivity contribution in [3.8, 4) is 0 Å². The number of benzene rings is 3. The molecule has 1 saturated heterocycles. The van der Waals surface area contributed by atoms with Crippen molar-refractivity contribution >= 4 is 39.3 Å². The van der Waals surface area contributed by atoms with E-state index in [-0.39, 0.29) is 11.8 Å². The topological polar surface area (TPSA) is 32.3 Å². The number of anilines is 1. The summed E-state index contributed by atoms with van der Waals surface area (Å²) in [4.78, 5) is 17.6. The summed E-state index contributed by atoms with van der Waals surface area (Å²) in [5.74, 6) is 0.209. The maximum atomic E-state index is 12.9. The molecule has 0 unspecified atom stereocenters. The van der Waals surface area contributed by atoms with Gasteiger partial charge in [-0.05, 0) is 67.9 Å². The zero-order chi connectivity index (χ0) is 20.8. The maximum absolute atomic E-state index is 12.9. The summed E-state index contributed by atoms with van der Waals surface area (Å²) in [6.45, 7) is 2.85. The molecule has 5 heteroatoms. The molecule has 0 aliphatic carbocycles. The molecule has 4 rings (SSSR count). The van der Waals surface area contributed by atoms with Gasteiger partial charge in [0.1, 0.15) is 0 Å². The first-order valence-electron chi connectivity index (χ1n) is 10.3. The Bertz CT molecular complexity index is 970. The highest BCUT2D eigenvalue weighted by atomic mass is 79.9. The van der Waals surface area contributed by atoms with E-state index >= 15 is 0 Å². The van der Waals surface area contributed by atoms with Crippen molar-refractivity contribution < 1.29 is 4.79 Å². The van der Waals surface area contributed by atoms with Gasteiger partial charge in [-0.2, -0.15) is 0 Å². The molecule has 30 heavy (non-hydrogen) atoms. The van der Waals surface area contributed by atoms with Crippen LogP contribution in [0.2, 0.25) is 0 Å². The second kappa shape index (κ2) is 10.3. The van der Waals surface area contributed by atoms with E-state index in [1.54, 1.807) is 11.8 Å². The predicted molar refractivity (Wildman–Crippen MR) is 128 cm³/mol. The lowest BCUT2D eigenvalue weighted by atomic mass is 9.95. The summed E-state index contributed by atoms with van der Waals surface area (Å²) < 4.78 is 1.10. The van der Waals surface area contributed by atoms with Crippen LogP contribution in [0.25, 0.3) is 0 Å². The van der Waals surface area contributed by atoms with Crippen LogP contribution >= 0.6 is 27.7 Å². The van der Waals surface area contributed by atoms with Crippen LogP contribution in [0.5, 0.6) is 0 Å². The number of rotatable bonds is 6. The smallest absolute Gasteiger partial charge is 0.227 e. The van der Waals surface area contributed by atoms with Gasteiger partial charge in [-0.15, -0.1) is 0 Å². The van der Waals surface area contributed by atoms with E-state index in [0.29, 0.717) is 0 Å². The fourth-order valence-electron chi connectivity index (χ4n) is 3.71. The van der Waals surface area contributed by atoms with Gasteiger partial charge in [0.05, 0.1) is 5.69 Å². The van der Waals surface area contributed by atoms with Gasteiger partial charge in [-0.3, -0.25) is 9.69 Å². The average Bonchev–Trinajstić information content (AvgIpc) is 2.78. The van der Waals surface area contributed by atoms with Crippen molar-refractivity contribution in [2.45, 2.75) is 29.2 Å². The van der Waals surface area contributed by atoms with E-state index in [4.69, 9.17) is 0 Å². The molecule has 0 radical (unpaired) electrons. The number of nitrogens with one attached hydrogen (secondary N) is 1. The highest BCUT2D eigenvalue weighted by Crippen LogP contribution is 2.33. The number of halogens is 1. The third kappa shape index (κ3) is 5.75. The van der Waals surface area contributed by atoms with E-state index in [1.807, 2.05) is 36.4 Å². The number of carbonyl (C=O) groups excluding carboxylic acids is 1. The van der Waals surface area contributed by atoms with E-state index in [2.05, 4.69) is 68.6 Å². The lowest BCUT2D eigenvalue weighted by Gasteiger charge is -2.31. The van der Waals surface area contributed by atoms with Crippen LogP contribution in [-0.4, -0.2) is 23.9 Å². The molecule has 1 aliphatic heterocycles. The summed E-state index contributed by atoms with van der Waals surface area (Å²) in [6, 6.07) is 26.8. The normalized spacial score (nSPS) is 15.1. The Kier molecular flexibility index (Phi) is 7.26. The van der Waals surface area contributed by atoms with Gasteiger partial charge in [-0.25, -0.2) is 0 Å². The first kappa shape index (κ1) is 21.2. The molecule has 0 atom stereocenters. The highest BCUT2D eigenvalue weighted by Gasteiger charge is 2.25. The zero-order valence-corrected chi connectivity index (χ0v) is 19.2. The number of carbonyl (C=O) groups is 1. The highest BCUT2D eigenvalue weighted by molar-refractivity contribution is 9.10. The molecule has 1 fully saturated rings. The van der Waals surface area contributed by atoms with Gasteiger partial charge in [0.2, 0.25) is 5.91 Å². The Morgan fingerprint density at radius 1 is 0.933 bits per heavy atom. The molecular formula is C25H25BrN2OS. The van der Waals surface area contributed by atoms with Crippen LogP contribution < -0.4 is 5.32 Å². The Balaban J connectivity index is 1.32. The molecule has 0 bridgehead atoms. The first-order valence-corrected chi connectivity index (χ1v) is 11.9. The SMILES string of the molecule is O=C(Nc1ccccc1Sc1ccccc1)C1CCN(Cc2ccc(Br)cc2)CC1. The monoisotopic (exact) mass is 480 g/mol. The fourth-order valence-corrected chi connectivity index (χ4v) is 4.90. The molecule has 0 spiro atoms. The molecule has 0 saturated carbocycles. The van der Waals surface area contributed by atoms with Crippen molar-refractivity contribution in [3.63, 3.8) is 0 Å². The average molecular weight is 481 g/mol. The van der Waals surface area contributed by atoms with Gasteiger partial charge in [-0.1, -0.05) is 70.2 Å². The fraction of sp³-hybridized carbons (Fsp3) is 0.240. The van der Waals surface area contributed by atoms with Gasteiger partial charge >= 0.3 is 0 Å². The quantitative estimate of drug-likeness (QED) is 0.439. The van der Waals surface area contributed by atoms with Gasteiger partial charge in [0.15, 0.2) is 0 Å². The number of hydrogen-bond donors (Lipinski definition) is 1. The van der Waals surface area contributed by atoms with Crippen LogP contribution in [0.3, 0.4) is 0 Å². The molecule has 1 heterocycles. The number of piperidine rings is 1. The minimum atomic E-state index is 0.0703. The summed E-state index contributed by atoms with van der Waals surface area (Å²) in [7, 11) is 0. The standard InChI is InChI=1S/C25H25BrN2OS/c26-21-12-10-19(11-13-21)18-28-16-14-20(15-17-28)25(29)27-23-8-4-5-9-24(23)30-22-6-2-1-3-7-22/h1-13,20H,14-18H2,(H,27,29). The lowest BCUT2D eigenvalue weighted by Crippen LogP contribution is -2.37. The molecule has 3 aromatic rings. The van der Waals surface area contributed by atoms with E-state index in [0.717, 1.165) is 47.5 Å². The summed E-state index contributed by atoms with van der Waals surface area (Å²) >= 11 is 5.16. The minimum Gasteiger partial charge on any atom is -0.325 e. The number of amides is 1. The van der Waals surface area contributed by atoms with E-state index in [1.165, 1.54) is 10.5 Å². The third-order valence-electron chi connectivity index (χ3n) is 5.39. The second-order valence-electron chi connectivity index (χ2n) is 7.58. The molecule has 3 aromatic carbocycles. The first-order chi connectivity index (χ1) is 14.7. The molecule has 1 N–H and O–H groups in total. The summed E-state index contributed by atoms with van der Waals surface area (Å²) in [5.41, 5.74) is 2.21. The van der Waals surface area contributed by atoms with Crippen molar-refractivity contribution in [1.82, 2.24) is 4.90 Å². The molecule has 3 nitrogen and oxygen atoms in total. The Morgan fingerprint density at radius 2 is 1.60 bits per heavy atom. The van der Waals surface area contributed by atoms with Crippen LogP contribution in [0.1, 0.15) is 18.4 Å². The van der Waals surface area contributed by atoms with Crippen LogP contribution in [0.4, 0.5) is 5.69 Å². The van der Waals surface area contributed by atoms with Crippen molar-refractivity contribution in [1.29, 1.82) is 0 Å². The van der Waals surface area contributed by atoms with Crippen LogP contribution in [0.15, 0.2) is 93.1 Å². The Hall–Kier alpha value is -2.08. The third-order valence-corrected chi connectivity index (χ3v) is 7.01. The Labute approximate surface area is 191 Å². The Morgan fingerprint density at radius 3 is 2.33 bits per heavy atom.